The van der Waals surface area contributed by atoms with Gasteiger partial charge in [-0.1, -0.05) is 11.6 Å². The van der Waals surface area contributed by atoms with Crippen molar-refractivity contribution >= 4 is 35.2 Å². The number of aliphatic hydroxyl groups is 1. The van der Waals surface area contributed by atoms with Crippen LogP contribution in [0.3, 0.4) is 0 Å². The van der Waals surface area contributed by atoms with Crippen LogP contribution in [0.4, 0.5) is 16.2 Å². The zero-order chi connectivity index (χ0) is 16.2. The molecule has 1 atom stereocenters. The molecule has 1 unspecified atom stereocenters. The van der Waals surface area contributed by atoms with Crippen LogP contribution in [0, 0.1) is 5.92 Å². The number of nitrogens with zero attached hydrogens (tertiary/aromatic N) is 3. The van der Waals surface area contributed by atoms with E-state index in [0.29, 0.717) is 17.4 Å². The molecule has 7 heteroatoms. The van der Waals surface area contributed by atoms with Gasteiger partial charge in [-0.2, -0.15) is 0 Å². The number of carbonyl (C=O) groups is 1. The van der Waals surface area contributed by atoms with E-state index in [2.05, 4.69) is 15.2 Å². The third-order valence-electron chi connectivity index (χ3n) is 4.04. The van der Waals surface area contributed by atoms with Crippen molar-refractivity contribution in [2.75, 3.05) is 36.6 Å². The number of allylic oxidation sites excluding steroid dienone is 1. The predicted molar refractivity (Wildman–Crippen MR) is 92.2 cm³/mol. The predicted octanol–water partition coefficient (Wildman–Crippen LogP) is 2.55. The Balaban J connectivity index is 1.78. The van der Waals surface area contributed by atoms with Gasteiger partial charge in [0, 0.05) is 43.1 Å². The highest BCUT2D eigenvalue weighted by Gasteiger charge is 2.24. The van der Waals surface area contributed by atoms with Gasteiger partial charge in [-0.05, 0) is 30.7 Å². The van der Waals surface area contributed by atoms with E-state index in [1.54, 1.807) is 24.6 Å². The molecule has 2 N–H and O–H groups in total. The largest absolute Gasteiger partial charge is 0.396 e. The van der Waals surface area contributed by atoms with E-state index in [1.165, 1.54) is 4.90 Å². The van der Waals surface area contributed by atoms with Crippen LogP contribution in [0.15, 0.2) is 35.5 Å². The van der Waals surface area contributed by atoms with Crippen molar-refractivity contribution in [3.05, 3.63) is 35.5 Å². The molecule has 1 aromatic carbocycles. The summed E-state index contributed by atoms with van der Waals surface area (Å²) in [7, 11) is 0. The van der Waals surface area contributed by atoms with E-state index in [4.69, 9.17) is 11.6 Å². The lowest BCUT2D eigenvalue weighted by Gasteiger charge is -2.24. The first kappa shape index (κ1) is 15.8. The van der Waals surface area contributed by atoms with Crippen LogP contribution in [0.5, 0.6) is 0 Å². The first-order valence-electron chi connectivity index (χ1n) is 7.57. The van der Waals surface area contributed by atoms with E-state index < -0.39 is 0 Å². The van der Waals surface area contributed by atoms with Crippen molar-refractivity contribution in [1.82, 2.24) is 4.90 Å². The van der Waals surface area contributed by atoms with Gasteiger partial charge in [0.05, 0.1) is 11.4 Å². The molecule has 1 fully saturated rings. The van der Waals surface area contributed by atoms with Crippen molar-refractivity contribution in [2.45, 2.75) is 6.42 Å². The minimum atomic E-state index is -0.250. The summed E-state index contributed by atoms with van der Waals surface area (Å²) in [6, 6.07) is 5.21. The summed E-state index contributed by atoms with van der Waals surface area (Å²) in [4.78, 5) is 20.1. The van der Waals surface area contributed by atoms with Crippen LogP contribution >= 0.6 is 11.6 Å². The second kappa shape index (κ2) is 7.02. The highest BCUT2D eigenvalue weighted by molar-refractivity contribution is 6.31. The van der Waals surface area contributed by atoms with Gasteiger partial charge in [0.2, 0.25) is 0 Å². The quantitative estimate of drug-likeness (QED) is 0.892. The number of benzene rings is 1. The summed E-state index contributed by atoms with van der Waals surface area (Å²) >= 11 is 6.09. The second-order valence-corrected chi connectivity index (χ2v) is 6.10. The van der Waals surface area contributed by atoms with E-state index in [-0.39, 0.29) is 18.6 Å². The van der Waals surface area contributed by atoms with Crippen molar-refractivity contribution in [1.29, 1.82) is 0 Å². The Bertz CT molecular complexity index is 647. The summed E-state index contributed by atoms with van der Waals surface area (Å²) < 4.78 is 0. The molecular weight excluding hydrogens is 316 g/mol. The minimum absolute atomic E-state index is 0.183. The van der Waals surface area contributed by atoms with Gasteiger partial charge in [0.1, 0.15) is 6.67 Å². The number of carbonyl (C=O) groups excluding carboxylic acids is 1. The number of aliphatic hydroxyl groups excluding tert-OH is 1. The molecule has 122 valence electrons. The maximum absolute atomic E-state index is 12.4. The Morgan fingerprint density at radius 2 is 2.35 bits per heavy atom. The number of urea groups is 1. The monoisotopic (exact) mass is 334 g/mol. The van der Waals surface area contributed by atoms with Crippen molar-refractivity contribution in [2.24, 2.45) is 10.9 Å². The lowest BCUT2D eigenvalue weighted by Crippen LogP contribution is -2.32. The summed E-state index contributed by atoms with van der Waals surface area (Å²) in [5, 5.41) is 12.8. The average Bonchev–Trinajstić information content (AvgIpc) is 3.04. The highest BCUT2D eigenvalue weighted by atomic mass is 35.5. The van der Waals surface area contributed by atoms with Gasteiger partial charge in [-0.15, -0.1) is 0 Å². The van der Waals surface area contributed by atoms with Crippen LogP contribution in [0.1, 0.15) is 6.42 Å². The van der Waals surface area contributed by atoms with Crippen LogP contribution in [-0.2, 0) is 0 Å². The van der Waals surface area contributed by atoms with Crippen LogP contribution < -0.4 is 10.2 Å². The summed E-state index contributed by atoms with van der Waals surface area (Å²) in [6.45, 7) is 2.11. The molecule has 0 saturated carbocycles. The fraction of sp³-hybridized carbons (Fsp3) is 0.375. The number of hydrogen-bond donors (Lipinski definition) is 2. The topological polar surface area (TPSA) is 68.2 Å². The van der Waals surface area contributed by atoms with Gasteiger partial charge < -0.3 is 15.3 Å². The molecule has 2 heterocycles. The van der Waals surface area contributed by atoms with Gasteiger partial charge in [0.25, 0.3) is 0 Å². The third-order valence-corrected chi connectivity index (χ3v) is 4.27. The van der Waals surface area contributed by atoms with E-state index in [9.17, 15) is 9.90 Å². The van der Waals surface area contributed by atoms with E-state index >= 15 is 0 Å². The summed E-state index contributed by atoms with van der Waals surface area (Å²) in [5.74, 6) is 0.272. The van der Waals surface area contributed by atoms with Crippen LogP contribution in [0.25, 0.3) is 0 Å². The summed E-state index contributed by atoms with van der Waals surface area (Å²) in [6.07, 6.45) is 6.00. The summed E-state index contributed by atoms with van der Waals surface area (Å²) in [5.41, 5.74) is 1.59. The molecule has 0 aromatic heterocycles. The van der Waals surface area contributed by atoms with E-state index in [1.807, 2.05) is 12.1 Å². The van der Waals surface area contributed by atoms with Gasteiger partial charge >= 0.3 is 6.03 Å². The standard InChI is InChI=1S/C16H19ClN4O2/c17-13-2-3-15(20-7-4-12(9-20)10-22)14(8-13)19-16(23)21-6-1-5-18-11-21/h1-3,5-6,8,12,22H,4,7,9-11H2,(H,19,23). The first-order chi connectivity index (χ1) is 11.2. The van der Waals surface area contributed by atoms with Gasteiger partial charge in [0.15, 0.2) is 0 Å². The maximum Gasteiger partial charge on any atom is 0.327 e. The molecule has 0 bridgehead atoms. The zero-order valence-electron chi connectivity index (χ0n) is 12.7. The number of aliphatic imine (C=N–C) groups is 1. The average molecular weight is 335 g/mol. The van der Waals surface area contributed by atoms with Crippen LogP contribution in [-0.4, -0.2) is 48.6 Å². The Kier molecular flexibility index (Phi) is 4.83. The molecule has 0 aliphatic carbocycles. The number of hydrogen-bond acceptors (Lipinski definition) is 4. The SMILES string of the molecule is O=C(Nc1cc(Cl)ccc1N1CCC(CO)C1)N1C=CC=NC1. The van der Waals surface area contributed by atoms with Gasteiger partial charge in [-0.25, -0.2) is 4.79 Å². The molecule has 2 aliphatic rings. The molecule has 2 amide bonds. The van der Waals surface area contributed by atoms with Crippen molar-refractivity contribution < 1.29 is 9.90 Å². The van der Waals surface area contributed by atoms with E-state index in [0.717, 1.165) is 25.2 Å². The Labute approximate surface area is 140 Å². The molecule has 3 rings (SSSR count). The molecule has 6 nitrogen and oxygen atoms in total. The van der Waals surface area contributed by atoms with Gasteiger partial charge in [-0.3, -0.25) is 9.89 Å². The van der Waals surface area contributed by atoms with Crippen molar-refractivity contribution in [3.63, 3.8) is 0 Å². The third kappa shape index (κ3) is 3.65. The molecule has 23 heavy (non-hydrogen) atoms. The van der Waals surface area contributed by atoms with Crippen molar-refractivity contribution in [3.8, 4) is 0 Å². The zero-order valence-corrected chi connectivity index (χ0v) is 13.4. The molecule has 1 aromatic rings. The molecule has 1 saturated heterocycles. The Morgan fingerprint density at radius 3 is 3.04 bits per heavy atom. The molecule has 0 radical (unpaired) electrons. The molecular formula is C16H19ClN4O2. The molecule has 0 spiro atoms. The first-order valence-corrected chi connectivity index (χ1v) is 7.95. The maximum atomic E-state index is 12.4. The number of anilines is 2. The van der Waals surface area contributed by atoms with Crippen LogP contribution in [0.2, 0.25) is 5.02 Å². The Hall–Kier alpha value is -2.05. The minimum Gasteiger partial charge on any atom is -0.396 e. The fourth-order valence-corrected chi connectivity index (χ4v) is 2.96. The molecule has 2 aliphatic heterocycles. The lowest BCUT2D eigenvalue weighted by molar-refractivity contribution is 0.229. The highest BCUT2D eigenvalue weighted by Crippen LogP contribution is 2.33. The smallest absolute Gasteiger partial charge is 0.327 e. The normalized spacial score (nSPS) is 20.2. The number of amides is 2. The number of halogens is 1. The number of rotatable bonds is 3. The lowest BCUT2D eigenvalue weighted by atomic mass is 10.1. The fourth-order valence-electron chi connectivity index (χ4n) is 2.79. The second-order valence-electron chi connectivity index (χ2n) is 5.66. The number of nitrogens with one attached hydrogen (secondary N) is 1. The Morgan fingerprint density at radius 1 is 1.48 bits per heavy atom.